The fourth-order valence-corrected chi connectivity index (χ4v) is 3.97. The number of benzene rings is 2. The second-order valence-electron chi connectivity index (χ2n) is 6.79. The van der Waals surface area contributed by atoms with Crippen LogP contribution >= 0.6 is 11.3 Å². The summed E-state index contributed by atoms with van der Waals surface area (Å²) in [6.45, 7) is 5.64. The number of thiazole rings is 1. The van der Waals surface area contributed by atoms with E-state index < -0.39 is 0 Å². The average molecular weight is 404 g/mol. The molecule has 29 heavy (non-hydrogen) atoms. The molecule has 0 saturated heterocycles. The molecule has 8 heteroatoms. The molecule has 0 aliphatic carbocycles. The lowest BCUT2D eigenvalue weighted by molar-refractivity contribution is 0.441. The van der Waals surface area contributed by atoms with Gasteiger partial charge in [-0.15, -0.1) is 11.3 Å². The van der Waals surface area contributed by atoms with Gasteiger partial charge in [0.15, 0.2) is 0 Å². The van der Waals surface area contributed by atoms with Crippen LogP contribution in [0.4, 0.5) is 0 Å². The maximum absolute atomic E-state index is 9.97. The molecule has 0 saturated carbocycles. The van der Waals surface area contributed by atoms with Crippen LogP contribution in [-0.4, -0.2) is 25.0 Å². The highest BCUT2D eigenvalue weighted by molar-refractivity contribution is 7.18. The van der Waals surface area contributed by atoms with Gasteiger partial charge in [-0.1, -0.05) is 0 Å². The van der Waals surface area contributed by atoms with E-state index in [0.29, 0.717) is 22.9 Å². The molecule has 0 amide bonds. The minimum Gasteiger partial charge on any atom is -0.507 e. The summed E-state index contributed by atoms with van der Waals surface area (Å²) in [5.41, 5.74) is 4.02. The number of fused-ring (bicyclic) bond motifs is 2. The molecule has 0 atom stereocenters. The van der Waals surface area contributed by atoms with Crippen molar-refractivity contribution < 1.29 is 14.3 Å². The molecule has 0 radical (unpaired) electrons. The topological polar surface area (TPSA) is 94.2 Å². The Labute approximate surface area is 169 Å². The van der Waals surface area contributed by atoms with E-state index in [9.17, 15) is 5.11 Å². The summed E-state index contributed by atoms with van der Waals surface area (Å²) >= 11 is 1.64. The minimum absolute atomic E-state index is 0.171. The number of oxazole rings is 1. The first-order valence-corrected chi connectivity index (χ1v) is 9.77. The number of hydrogen-bond acceptors (Lipinski definition) is 8. The molecule has 0 aliphatic rings. The van der Waals surface area contributed by atoms with Gasteiger partial charge in [0.05, 0.1) is 21.4 Å². The van der Waals surface area contributed by atoms with Crippen LogP contribution in [0, 0.1) is 20.8 Å². The quantitative estimate of drug-likeness (QED) is 0.435. The van der Waals surface area contributed by atoms with E-state index in [-0.39, 0.29) is 11.8 Å². The summed E-state index contributed by atoms with van der Waals surface area (Å²) in [5.74, 6) is 1.29. The number of hydrogen-bond donors (Lipinski definition) is 1. The van der Waals surface area contributed by atoms with Crippen molar-refractivity contribution in [1.82, 2.24) is 19.9 Å². The zero-order valence-corrected chi connectivity index (χ0v) is 16.7. The number of rotatable bonds is 3. The molecule has 0 fully saturated rings. The highest BCUT2D eigenvalue weighted by atomic mass is 32.1. The molecule has 3 aromatic heterocycles. The number of aromatic hydroxyl groups is 1. The van der Waals surface area contributed by atoms with Crippen molar-refractivity contribution in [3.8, 4) is 29.0 Å². The molecule has 0 bridgehead atoms. The van der Waals surface area contributed by atoms with E-state index in [4.69, 9.17) is 9.15 Å². The Bertz CT molecular complexity index is 1370. The largest absolute Gasteiger partial charge is 0.507 e. The van der Waals surface area contributed by atoms with Crippen LogP contribution in [0.15, 0.2) is 40.9 Å². The zero-order valence-electron chi connectivity index (χ0n) is 15.9. The summed E-state index contributed by atoms with van der Waals surface area (Å²) < 4.78 is 12.7. The number of phenols is 1. The lowest BCUT2D eigenvalue weighted by Crippen LogP contribution is -1.91. The van der Waals surface area contributed by atoms with Crippen molar-refractivity contribution in [2.45, 2.75) is 20.8 Å². The molecule has 0 aliphatic heterocycles. The molecule has 0 unspecified atom stereocenters. The van der Waals surface area contributed by atoms with Gasteiger partial charge in [0.2, 0.25) is 5.89 Å². The number of aromatic nitrogens is 4. The molecular formula is C21H16N4O3S. The number of phenolic OH excluding ortho intramolecular Hbond substituents is 1. The lowest BCUT2D eigenvalue weighted by atomic mass is 10.1. The van der Waals surface area contributed by atoms with Gasteiger partial charge >= 0.3 is 6.01 Å². The first kappa shape index (κ1) is 17.6. The Hall–Kier alpha value is -3.52. The van der Waals surface area contributed by atoms with Crippen molar-refractivity contribution in [2.75, 3.05) is 0 Å². The fourth-order valence-electron chi connectivity index (χ4n) is 3.16. The van der Waals surface area contributed by atoms with Gasteiger partial charge in [0.1, 0.15) is 17.0 Å². The monoisotopic (exact) mass is 404 g/mol. The van der Waals surface area contributed by atoms with Crippen LogP contribution in [0.3, 0.4) is 0 Å². The molecule has 144 valence electrons. The number of nitrogens with zero attached hydrogens (tertiary/aromatic N) is 4. The van der Waals surface area contributed by atoms with E-state index in [1.165, 1.54) is 0 Å². The Morgan fingerprint density at radius 3 is 2.55 bits per heavy atom. The smallest absolute Gasteiger partial charge is 0.325 e. The SMILES string of the molecule is Cc1nc2cc(Oc3ncc4nc(-c5cc(C)c(O)c(C)c5)oc4n3)ccc2s1. The first-order chi connectivity index (χ1) is 14.0. The van der Waals surface area contributed by atoms with Crippen molar-refractivity contribution >= 4 is 32.8 Å². The van der Waals surface area contributed by atoms with E-state index in [2.05, 4.69) is 19.9 Å². The van der Waals surface area contributed by atoms with Gasteiger partial charge in [0.25, 0.3) is 5.71 Å². The maximum Gasteiger partial charge on any atom is 0.325 e. The molecule has 2 aromatic carbocycles. The van der Waals surface area contributed by atoms with E-state index in [1.807, 2.05) is 51.1 Å². The minimum atomic E-state index is 0.171. The Morgan fingerprint density at radius 1 is 0.966 bits per heavy atom. The normalized spacial score (nSPS) is 11.4. The van der Waals surface area contributed by atoms with Crippen LogP contribution in [0.1, 0.15) is 16.1 Å². The van der Waals surface area contributed by atoms with Gasteiger partial charge in [-0.2, -0.15) is 4.98 Å². The fraction of sp³-hybridized carbons (Fsp3) is 0.143. The van der Waals surface area contributed by atoms with Crippen LogP contribution in [0.25, 0.3) is 32.9 Å². The van der Waals surface area contributed by atoms with E-state index in [0.717, 1.165) is 31.9 Å². The van der Waals surface area contributed by atoms with Gasteiger partial charge in [-0.25, -0.2) is 15.0 Å². The second kappa shape index (κ2) is 6.52. The third-order valence-electron chi connectivity index (χ3n) is 4.54. The predicted octanol–water partition coefficient (Wildman–Crippen LogP) is 5.32. The predicted molar refractivity (Wildman–Crippen MR) is 111 cm³/mol. The second-order valence-corrected chi connectivity index (χ2v) is 8.02. The lowest BCUT2D eigenvalue weighted by Gasteiger charge is -2.04. The van der Waals surface area contributed by atoms with Crippen molar-refractivity contribution in [1.29, 1.82) is 0 Å². The van der Waals surface area contributed by atoms with Gasteiger partial charge in [0, 0.05) is 11.6 Å². The number of aryl methyl sites for hydroxylation is 3. The molecule has 5 rings (SSSR count). The maximum atomic E-state index is 9.97. The van der Waals surface area contributed by atoms with E-state index in [1.54, 1.807) is 17.5 Å². The Morgan fingerprint density at radius 2 is 1.76 bits per heavy atom. The summed E-state index contributed by atoms with van der Waals surface area (Å²) in [7, 11) is 0. The first-order valence-electron chi connectivity index (χ1n) is 8.95. The van der Waals surface area contributed by atoms with Crippen LogP contribution in [0.5, 0.6) is 17.5 Å². The van der Waals surface area contributed by atoms with Crippen LogP contribution in [-0.2, 0) is 0 Å². The summed E-state index contributed by atoms with van der Waals surface area (Å²) in [6, 6.07) is 9.51. The Kier molecular flexibility index (Phi) is 3.95. The van der Waals surface area contributed by atoms with Gasteiger partial charge < -0.3 is 14.3 Å². The summed E-state index contributed by atoms with van der Waals surface area (Å²) in [5, 5.41) is 11.0. The zero-order chi connectivity index (χ0) is 20.1. The highest BCUT2D eigenvalue weighted by Crippen LogP contribution is 2.31. The molecule has 3 heterocycles. The average Bonchev–Trinajstić information content (AvgIpc) is 3.27. The highest BCUT2D eigenvalue weighted by Gasteiger charge is 2.14. The Balaban J connectivity index is 1.48. The molecule has 0 spiro atoms. The molecule has 7 nitrogen and oxygen atoms in total. The van der Waals surface area contributed by atoms with Crippen LogP contribution < -0.4 is 4.74 Å². The summed E-state index contributed by atoms with van der Waals surface area (Å²) in [6.07, 6.45) is 1.57. The van der Waals surface area contributed by atoms with Crippen molar-refractivity contribution in [3.63, 3.8) is 0 Å². The third-order valence-corrected chi connectivity index (χ3v) is 5.49. The van der Waals surface area contributed by atoms with Crippen molar-refractivity contribution in [2.24, 2.45) is 0 Å². The van der Waals surface area contributed by atoms with Gasteiger partial charge in [-0.05, 0) is 56.2 Å². The van der Waals surface area contributed by atoms with Crippen molar-refractivity contribution in [3.05, 3.63) is 52.7 Å². The van der Waals surface area contributed by atoms with E-state index >= 15 is 0 Å². The molecular weight excluding hydrogens is 388 g/mol. The van der Waals surface area contributed by atoms with Crippen LogP contribution in [0.2, 0.25) is 0 Å². The number of ether oxygens (including phenoxy) is 1. The standard InChI is InChI=1S/C21H16N4O3S/c1-10-6-13(7-11(2)18(10)26)19-24-16-9-22-21(25-20(16)28-19)27-14-4-5-17-15(8-14)23-12(3)29-17/h4-9,26H,1-3H3. The third kappa shape index (κ3) is 3.17. The van der Waals surface area contributed by atoms with Gasteiger partial charge in [-0.3, -0.25) is 0 Å². The molecule has 5 aromatic rings. The summed E-state index contributed by atoms with van der Waals surface area (Å²) in [4.78, 5) is 17.5. The molecule has 1 N–H and O–H groups in total.